The maximum Gasteiger partial charge on any atom is 0.416 e. The van der Waals surface area contributed by atoms with E-state index in [1.807, 2.05) is 6.07 Å². The first-order valence-corrected chi connectivity index (χ1v) is 21.0. The summed E-state index contributed by atoms with van der Waals surface area (Å²) in [6.07, 6.45) is -50.3. The minimum Gasteiger partial charge on any atom is -0.444 e. The van der Waals surface area contributed by atoms with Crippen molar-refractivity contribution in [1.82, 2.24) is 4.98 Å². The third-order valence-corrected chi connectivity index (χ3v) is 11.1. The van der Waals surface area contributed by atoms with Gasteiger partial charge in [-0.15, -0.1) is 0 Å². The van der Waals surface area contributed by atoms with Gasteiger partial charge in [0.2, 0.25) is 24.2 Å². The molecular weight excluding hydrogens is 1130 g/mol. The maximum atomic E-state index is 14.2. The summed E-state index contributed by atoms with van der Waals surface area (Å²) in [5.41, 5.74) is -29.5. The molecule has 0 spiro atoms. The van der Waals surface area contributed by atoms with Gasteiger partial charge in [-0.25, -0.2) is 9.78 Å². The molecule has 0 amide bonds. The molecule has 5 nitrogen and oxygen atoms in total. The molecule has 77 heavy (non-hydrogen) atoms. The zero-order valence-electron chi connectivity index (χ0n) is 37.1. The fraction of sp³-hybridized carbons (Fsp3) is 0.217. The van der Waals surface area contributed by atoms with Crippen LogP contribution in [0.3, 0.4) is 0 Å². The summed E-state index contributed by atoms with van der Waals surface area (Å²) in [6.45, 7) is 0.119. The van der Waals surface area contributed by atoms with E-state index >= 15 is 0 Å². The van der Waals surface area contributed by atoms with E-state index < -0.39 is 201 Å². The number of rotatable bonds is 9. The molecule has 0 bridgehead atoms. The largest absolute Gasteiger partial charge is 0.444 e. The van der Waals surface area contributed by atoms with Gasteiger partial charge < -0.3 is 4.74 Å². The lowest BCUT2D eigenvalue weighted by atomic mass is 9.12. The normalized spacial score (nSPS) is 13.2. The third-order valence-electron chi connectivity index (χ3n) is 11.0. The smallest absolute Gasteiger partial charge is 0.416 e. The van der Waals surface area contributed by atoms with E-state index in [4.69, 9.17) is 11.6 Å². The van der Waals surface area contributed by atoms with E-state index in [1.165, 1.54) is 12.4 Å². The van der Waals surface area contributed by atoms with Crippen LogP contribution in [-0.4, -0.2) is 28.9 Å². The summed E-state index contributed by atoms with van der Waals surface area (Å²) in [4.78, 5) is 27.4. The van der Waals surface area contributed by atoms with Crippen LogP contribution in [0.2, 0.25) is 0 Å². The first kappa shape index (κ1) is 60.9. The van der Waals surface area contributed by atoms with Crippen molar-refractivity contribution in [1.29, 1.82) is 0 Å². The van der Waals surface area contributed by atoms with Gasteiger partial charge >= 0.3 is 55.4 Å². The fourth-order valence-electron chi connectivity index (χ4n) is 7.71. The van der Waals surface area contributed by atoms with Crippen molar-refractivity contribution in [3.05, 3.63) is 177 Å². The Labute approximate surface area is 419 Å². The summed E-state index contributed by atoms with van der Waals surface area (Å²) in [6, 6.07) is -0.120. The number of hydrogen-bond acceptors (Lipinski definition) is 4. The van der Waals surface area contributed by atoms with Crippen LogP contribution < -0.4 is 26.4 Å². The topological polar surface area (TPSA) is 60.1 Å². The van der Waals surface area contributed by atoms with Crippen molar-refractivity contribution in [3.8, 4) is 0 Å². The number of ketones is 1. The van der Waals surface area contributed by atoms with E-state index in [0.717, 1.165) is 0 Å². The molecule has 0 aliphatic heterocycles. The standard InChI is InChI=1S/C32H12BF24.C14H12ClN2O3/c34-25(35,36)13-1-14(26(37,38)39)6-21(5-13)33(22-7-15(27(40,41)42)2-16(8-22)28(43,44)45,23-9-17(29(46,47)48)3-18(10-23)30(49,50)51)24-11-19(31(52,53)54)4-20(12-24)32(55,56)57;15-10-20-14(19)12-8-17(7-6-16-12)9-13(18)11-4-2-1-3-5-11/h1-12H;1-8H,9-10H2/q-1;+1. The number of aromatic nitrogens is 2. The molecule has 1 heterocycles. The molecule has 0 unspecified atom stereocenters. The zero-order valence-corrected chi connectivity index (χ0v) is 37.9. The fourth-order valence-corrected chi connectivity index (χ4v) is 7.81. The second-order valence-corrected chi connectivity index (χ2v) is 16.4. The SMILES string of the molecule is FC(F)(F)c1cc([B-](c2cc(C(F)(F)F)cc(C(F)(F)F)c2)(c2cc(C(F)(F)F)cc(C(F)(F)F)c2)c2cc(C(F)(F)F)cc(C(F)(F)F)c2)cc(C(F)(F)F)c1.O=C(C[n+]1ccnc(C(=O)OCCl)c1)c1ccccc1. The molecule has 0 fully saturated rings. The minimum absolute atomic E-state index is 0.0570. The number of carbonyl (C=O) groups excluding carboxylic acids is 2. The number of esters is 1. The number of halogens is 25. The van der Waals surface area contributed by atoms with Gasteiger partial charge in [-0.1, -0.05) is 90.5 Å². The van der Waals surface area contributed by atoms with Gasteiger partial charge in [0.1, 0.15) is 6.15 Å². The lowest BCUT2D eigenvalue weighted by molar-refractivity contribution is -0.683. The summed E-state index contributed by atoms with van der Waals surface area (Å²) in [5, 5.41) is 0. The summed E-state index contributed by atoms with van der Waals surface area (Å²) < 4.78 is 347. The Morgan fingerprint density at radius 1 is 0.442 bits per heavy atom. The maximum absolute atomic E-state index is 14.2. The lowest BCUT2D eigenvalue weighted by Gasteiger charge is -2.46. The third kappa shape index (κ3) is 14.5. The van der Waals surface area contributed by atoms with Gasteiger partial charge in [-0.2, -0.15) is 132 Å². The van der Waals surface area contributed by atoms with Crippen LogP contribution in [0.4, 0.5) is 105 Å². The summed E-state index contributed by atoms with van der Waals surface area (Å²) in [7, 11) is 0. The van der Waals surface area contributed by atoms with Crippen LogP contribution in [0.5, 0.6) is 0 Å². The molecule has 1 aromatic heterocycles. The number of nitrogens with zero attached hydrogens (tertiary/aromatic N) is 2. The average molecular weight is 1150 g/mol. The van der Waals surface area contributed by atoms with E-state index in [2.05, 4.69) is 9.72 Å². The molecule has 6 aromatic rings. The molecular formula is C46H24BClF24N2O3. The van der Waals surface area contributed by atoms with Crippen molar-refractivity contribution >= 4 is 51.4 Å². The van der Waals surface area contributed by atoms with Crippen molar-refractivity contribution in [2.75, 3.05) is 6.07 Å². The molecule has 0 aliphatic carbocycles. The molecule has 0 radical (unpaired) electrons. The molecule has 0 aliphatic rings. The Hall–Kier alpha value is -7.01. The zero-order chi connectivity index (χ0) is 58.3. The number of carbonyl (C=O) groups is 2. The molecule has 6 rings (SSSR count). The molecule has 31 heteroatoms. The Morgan fingerprint density at radius 3 is 0.961 bits per heavy atom. The van der Waals surface area contributed by atoms with E-state index in [9.17, 15) is 115 Å². The predicted octanol–water partition coefficient (Wildman–Crippen LogP) is 12.8. The van der Waals surface area contributed by atoms with Crippen LogP contribution in [0.1, 0.15) is 65.4 Å². The van der Waals surface area contributed by atoms with Crippen LogP contribution >= 0.6 is 11.6 Å². The Kier molecular flexibility index (Phi) is 16.9. The van der Waals surface area contributed by atoms with Crippen molar-refractivity contribution in [2.45, 2.75) is 56.0 Å². The summed E-state index contributed by atoms with van der Waals surface area (Å²) in [5.74, 6) is -0.681. The van der Waals surface area contributed by atoms with Crippen LogP contribution in [0, 0.1) is 0 Å². The first-order valence-electron chi connectivity index (χ1n) is 20.5. The predicted molar refractivity (Wildman–Crippen MR) is 221 cm³/mol. The van der Waals surface area contributed by atoms with Crippen molar-refractivity contribution < 1.29 is 124 Å². The highest BCUT2D eigenvalue weighted by molar-refractivity contribution is 7.20. The summed E-state index contributed by atoms with van der Waals surface area (Å²) >= 11 is 5.32. The Morgan fingerprint density at radius 2 is 0.714 bits per heavy atom. The number of Topliss-reactive ketones (excluding diaryl/α,β-unsaturated/α-hetero) is 1. The van der Waals surface area contributed by atoms with Crippen LogP contribution in [-0.2, 0) is 60.7 Å². The van der Waals surface area contributed by atoms with Crippen LogP contribution in [0.15, 0.2) is 122 Å². The van der Waals surface area contributed by atoms with Gasteiger partial charge in [0.05, 0.1) is 50.7 Å². The van der Waals surface area contributed by atoms with Gasteiger partial charge in [0, 0.05) is 5.56 Å². The molecule has 5 aromatic carbocycles. The molecule has 0 saturated heterocycles. The van der Waals surface area contributed by atoms with Gasteiger partial charge in [-0.3, -0.25) is 4.79 Å². The van der Waals surface area contributed by atoms with E-state index in [0.29, 0.717) is 5.56 Å². The second kappa shape index (κ2) is 21.4. The Balaban J connectivity index is 0.000000455. The van der Waals surface area contributed by atoms with Gasteiger partial charge in [0.15, 0.2) is 12.3 Å². The number of hydrogen-bond donors (Lipinski definition) is 0. The number of benzene rings is 5. The average Bonchev–Trinajstić information content (AvgIpc) is 3.30. The van der Waals surface area contributed by atoms with E-state index in [-0.39, 0.29) is 24.1 Å². The Bertz CT molecular complexity index is 2690. The quantitative estimate of drug-likeness (QED) is 0.0361. The number of ether oxygens (including phenoxy) is 1. The first-order chi connectivity index (χ1) is 35.0. The molecule has 414 valence electrons. The molecule has 0 atom stereocenters. The van der Waals surface area contributed by atoms with E-state index in [1.54, 1.807) is 35.0 Å². The number of alkyl halides is 25. The second-order valence-electron chi connectivity index (χ2n) is 16.2. The van der Waals surface area contributed by atoms with Gasteiger partial charge in [-0.05, 0) is 24.3 Å². The molecule has 0 saturated carbocycles. The van der Waals surface area contributed by atoms with Crippen molar-refractivity contribution in [3.63, 3.8) is 0 Å². The highest BCUT2D eigenvalue weighted by Crippen LogP contribution is 2.41. The monoisotopic (exact) mass is 1150 g/mol. The van der Waals surface area contributed by atoms with Crippen molar-refractivity contribution in [2.24, 2.45) is 0 Å². The lowest BCUT2D eigenvalue weighted by Crippen LogP contribution is -2.75. The van der Waals surface area contributed by atoms with Gasteiger partial charge in [0.25, 0.3) is 0 Å². The minimum atomic E-state index is -6.13. The molecule has 0 N–H and O–H groups in total. The van der Waals surface area contributed by atoms with Crippen LogP contribution in [0.25, 0.3) is 0 Å². The highest BCUT2D eigenvalue weighted by atomic mass is 35.5. The highest BCUT2D eigenvalue weighted by Gasteiger charge is 2.47.